The predicted molar refractivity (Wildman–Crippen MR) is 76.8 cm³/mol. The van der Waals surface area contributed by atoms with Crippen LogP contribution in [0.1, 0.15) is 12.5 Å². The lowest BCUT2D eigenvalue weighted by Gasteiger charge is -2.00. The number of rotatable bonds is 4. The van der Waals surface area contributed by atoms with Crippen molar-refractivity contribution in [1.29, 1.82) is 0 Å². The normalized spacial score (nSPS) is 10.8. The zero-order valence-electron chi connectivity index (χ0n) is 10.5. The van der Waals surface area contributed by atoms with Gasteiger partial charge in [-0.1, -0.05) is 35.9 Å². The van der Waals surface area contributed by atoms with Gasteiger partial charge in [-0.15, -0.1) is 0 Å². The molecule has 0 saturated carbocycles. The van der Waals surface area contributed by atoms with Gasteiger partial charge in [-0.25, -0.2) is 0 Å². The number of hydrogen-bond acceptors (Lipinski definition) is 2. The maximum Gasteiger partial charge on any atom is 0.217 e. The molecule has 4 nitrogen and oxygen atoms in total. The molecule has 0 aliphatic heterocycles. The summed E-state index contributed by atoms with van der Waals surface area (Å²) in [6, 6.07) is 7.53. The van der Waals surface area contributed by atoms with Crippen molar-refractivity contribution in [3.63, 3.8) is 0 Å². The van der Waals surface area contributed by atoms with Crippen molar-refractivity contribution in [2.24, 2.45) is 0 Å². The van der Waals surface area contributed by atoms with Gasteiger partial charge in [0.15, 0.2) is 0 Å². The van der Waals surface area contributed by atoms with E-state index in [9.17, 15) is 4.79 Å². The fourth-order valence-electron chi connectivity index (χ4n) is 1.66. The zero-order valence-corrected chi connectivity index (χ0v) is 11.2. The van der Waals surface area contributed by atoms with Crippen LogP contribution in [-0.2, 0) is 4.79 Å². The van der Waals surface area contributed by atoms with Gasteiger partial charge in [-0.2, -0.15) is 5.10 Å². The molecule has 0 bridgehead atoms. The zero-order chi connectivity index (χ0) is 13.7. The SMILES string of the molecule is CC(=O)NCC=Cc1cn[nH]c1-c1ccc(Cl)cc1. The first-order valence-electron chi connectivity index (χ1n) is 5.87. The van der Waals surface area contributed by atoms with Crippen LogP contribution >= 0.6 is 11.6 Å². The Morgan fingerprint density at radius 3 is 2.84 bits per heavy atom. The first kappa shape index (κ1) is 13.4. The van der Waals surface area contributed by atoms with E-state index < -0.39 is 0 Å². The maximum atomic E-state index is 10.7. The number of nitrogens with zero attached hydrogens (tertiary/aromatic N) is 1. The standard InChI is InChI=1S/C14H14ClN3O/c1-10(19)16-8-2-3-12-9-17-18-14(12)11-4-6-13(15)7-5-11/h2-7,9H,8H2,1H3,(H,16,19)(H,17,18). The minimum absolute atomic E-state index is 0.0465. The smallest absolute Gasteiger partial charge is 0.217 e. The van der Waals surface area contributed by atoms with E-state index in [4.69, 9.17) is 11.6 Å². The van der Waals surface area contributed by atoms with Gasteiger partial charge in [0.2, 0.25) is 5.91 Å². The molecule has 98 valence electrons. The topological polar surface area (TPSA) is 57.8 Å². The maximum absolute atomic E-state index is 10.7. The van der Waals surface area contributed by atoms with E-state index >= 15 is 0 Å². The summed E-state index contributed by atoms with van der Waals surface area (Å²) >= 11 is 5.86. The van der Waals surface area contributed by atoms with Crippen molar-refractivity contribution in [1.82, 2.24) is 15.5 Å². The van der Waals surface area contributed by atoms with E-state index in [0.29, 0.717) is 11.6 Å². The number of aromatic nitrogens is 2. The Kier molecular flexibility index (Phi) is 4.36. The van der Waals surface area contributed by atoms with Crippen LogP contribution in [0.4, 0.5) is 0 Å². The third-order valence-corrected chi connectivity index (χ3v) is 2.82. The molecule has 0 radical (unpaired) electrons. The van der Waals surface area contributed by atoms with Crippen LogP contribution < -0.4 is 5.32 Å². The minimum atomic E-state index is -0.0465. The molecule has 5 heteroatoms. The number of aromatic amines is 1. The summed E-state index contributed by atoms with van der Waals surface area (Å²) in [6.45, 7) is 1.99. The van der Waals surface area contributed by atoms with E-state index in [1.165, 1.54) is 6.92 Å². The first-order chi connectivity index (χ1) is 9.16. The molecule has 1 amide bonds. The van der Waals surface area contributed by atoms with Gasteiger partial charge in [0, 0.05) is 29.6 Å². The van der Waals surface area contributed by atoms with Crippen molar-refractivity contribution in [2.45, 2.75) is 6.92 Å². The largest absolute Gasteiger partial charge is 0.353 e. The third kappa shape index (κ3) is 3.69. The molecule has 0 aliphatic rings. The summed E-state index contributed by atoms with van der Waals surface area (Å²) in [5, 5.41) is 10.4. The third-order valence-electron chi connectivity index (χ3n) is 2.57. The Morgan fingerprint density at radius 1 is 1.42 bits per heavy atom. The van der Waals surface area contributed by atoms with Crippen molar-refractivity contribution >= 4 is 23.6 Å². The van der Waals surface area contributed by atoms with Crippen LogP contribution in [0.2, 0.25) is 5.02 Å². The summed E-state index contributed by atoms with van der Waals surface area (Å²) < 4.78 is 0. The fourth-order valence-corrected chi connectivity index (χ4v) is 1.78. The van der Waals surface area contributed by atoms with Gasteiger partial charge in [-0.3, -0.25) is 9.89 Å². The first-order valence-corrected chi connectivity index (χ1v) is 6.25. The molecule has 19 heavy (non-hydrogen) atoms. The van der Waals surface area contributed by atoms with Crippen molar-refractivity contribution in [2.75, 3.05) is 6.54 Å². The van der Waals surface area contributed by atoms with E-state index in [2.05, 4.69) is 15.5 Å². The number of nitrogens with one attached hydrogen (secondary N) is 2. The second kappa shape index (κ2) is 6.20. The molecule has 0 unspecified atom stereocenters. The molecule has 2 rings (SSSR count). The Bertz CT molecular complexity index is 587. The second-order valence-corrected chi connectivity index (χ2v) is 4.48. The highest BCUT2D eigenvalue weighted by Crippen LogP contribution is 2.23. The highest BCUT2D eigenvalue weighted by molar-refractivity contribution is 6.30. The van der Waals surface area contributed by atoms with Crippen LogP contribution in [0, 0.1) is 0 Å². The van der Waals surface area contributed by atoms with Gasteiger partial charge in [0.1, 0.15) is 0 Å². The number of amides is 1. The number of carbonyl (C=O) groups excluding carboxylic acids is 1. The van der Waals surface area contributed by atoms with Gasteiger partial charge in [0.25, 0.3) is 0 Å². The highest BCUT2D eigenvalue weighted by atomic mass is 35.5. The van der Waals surface area contributed by atoms with Crippen LogP contribution in [0.3, 0.4) is 0 Å². The number of hydrogen-bond donors (Lipinski definition) is 2. The number of benzene rings is 1. The van der Waals surface area contributed by atoms with Crippen molar-refractivity contribution < 1.29 is 4.79 Å². The average molecular weight is 276 g/mol. The van der Waals surface area contributed by atoms with Crippen LogP contribution in [0.5, 0.6) is 0 Å². The molecular formula is C14H14ClN3O. The second-order valence-electron chi connectivity index (χ2n) is 4.05. The Balaban J connectivity index is 2.13. The molecule has 0 aliphatic carbocycles. The van der Waals surface area contributed by atoms with Crippen molar-refractivity contribution in [3.8, 4) is 11.3 Å². The highest BCUT2D eigenvalue weighted by Gasteiger charge is 2.04. The fraction of sp³-hybridized carbons (Fsp3) is 0.143. The lowest BCUT2D eigenvalue weighted by Crippen LogP contribution is -2.19. The van der Waals surface area contributed by atoms with Gasteiger partial charge in [-0.05, 0) is 12.1 Å². The Labute approximate surface area is 116 Å². The Morgan fingerprint density at radius 2 is 2.16 bits per heavy atom. The van der Waals surface area contributed by atoms with Crippen molar-refractivity contribution in [3.05, 3.63) is 47.1 Å². The van der Waals surface area contributed by atoms with E-state index in [1.807, 2.05) is 36.4 Å². The molecule has 1 aromatic heterocycles. The molecule has 0 fully saturated rings. The summed E-state index contributed by atoms with van der Waals surface area (Å²) in [6.07, 6.45) is 5.54. The number of carbonyl (C=O) groups is 1. The van der Waals surface area contributed by atoms with E-state index in [1.54, 1.807) is 6.20 Å². The van der Waals surface area contributed by atoms with Crippen LogP contribution in [0.25, 0.3) is 17.3 Å². The molecule has 2 aromatic rings. The van der Waals surface area contributed by atoms with Crippen LogP contribution in [-0.4, -0.2) is 22.6 Å². The van der Waals surface area contributed by atoms with E-state index in [0.717, 1.165) is 16.8 Å². The minimum Gasteiger partial charge on any atom is -0.353 e. The molecular weight excluding hydrogens is 262 g/mol. The molecule has 0 atom stereocenters. The number of halogens is 1. The van der Waals surface area contributed by atoms with Gasteiger partial charge in [0.05, 0.1) is 11.9 Å². The van der Waals surface area contributed by atoms with Gasteiger partial charge >= 0.3 is 0 Å². The molecule has 0 spiro atoms. The number of H-pyrrole nitrogens is 1. The summed E-state index contributed by atoms with van der Waals surface area (Å²) in [4.78, 5) is 10.7. The predicted octanol–water partition coefficient (Wildman–Crippen LogP) is 2.88. The lowest BCUT2D eigenvalue weighted by atomic mass is 10.1. The average Bonchev–Trinajstić information content (AvgIpc) is 2.84. The summed E-state index contributed by atoms with van der Waals surface area (Å²) in [5.41, 5.74) is 2.91. The molecule has 2 N–H and O–H groups in total. The monoisotopic (exact) mass is 275 g/mol. The molecule has 1 heterocycles. The molecule has 1 aromatic carbocycles. The summed E-state index contributed by atoms with van der Waals surface area (Å²) in [7, 11) is 0. The van der Waals surface area contributed by atoms with E-state index in [-0.39, 0.29) is 5.91 Å². The quantitative estimate of drug-likeness (QED) is 0.901. The summed E-state index contributed by atoms with van der Waals surface area (Å²) in [5.74, 6) is -0.0465. The van der Waals surface area contributed by atoms with Gasteiger partial charge < -0.3 is 5.32 Å². The Hall–Kier alpha value is -2.07. The van der Waals surface area contributed by atoms with Crippen LogP contribution in [0.15, 0.2) is 36.5 Å². The molecule has 0 saturated heterocycles. The lowest BCUT2D eigenvalue weighted by molar-refractivity contribution is -0.118.